The number of carbonyl (C=O) groups excluding carboxylic acids is 1. The van der Waals surface area contributed by atoms with E-state index in [-0.39, 0.29) is 5.78 Å². The van der Waals surface area contributed by atoms with E-state index in [1.54, 1.807) is 18.7 Å². The molecule has 0 unspecified atom stereocenters. The standard InChI is InChI=1S/C22H24N2O2S/c1-4-26-21-11-10-18(16(3)25)13-19(21)14-27-22-23-15(2)20(24-22)12-17-8-6-5-7-9-17/h5-11,13H,4,12,14H2,1-3H3,(H,23,24). The van der Waals surface area contributed by atoms with Crippen molar-refractivity contribution in [2.24, 2.45) is 0 Å². The summed E-state index contributed by atoms with van der Waals surface area (Å²) in [6.45, 7) is 6.19. The Balaban J connectivity index is 1.74. The van der Waals surface area contributed by atoms with E-state index in [0.29, 0.717) is 17.9 Å². The molecular formula is C22H24N2O2S. The van der Waals surface area contributed by atoms with Crippen molar-refractivity contribution >= 4 is 17.5 Å². The minimum atomic E-state index is 0.0586. The molecule has 1 heterocycles. The number of rotatable bonds is 8. The van der Waals surface area contributed by atoms with E-state index in [2.05, 4.69) is 24.0 Å². The van der Waals surface area contributed by atoms with E-state index in [1.165, 1.54) is 5.56 Å². The molecule has 0 saturated heterocycles. The van der Waals surface area contributed by atoms with Crippen molar-refractivity contribution in [2.45, 2.75) is 38.1 Å². The predicted molar refractivity (Wildman–Crippen MR) is 110 cm³/mol. The molecule has 0 bridgehead atoms. The Bertz CT molecular complexity index is 919. The second kappa shape index (κ2) is 8.91. The molecule has 0 aliphatic carbocycles. The van der Waals surface area contributed by atoms with Crippen LogP contribution in [-0.4, -0.2) is 22.4 Å². The molecule has 1 N–H and O–H groups in total. The highest BCUT2D eigenvalue weighted by Gasteiger charge is 2.12. The number of H-pyrrole nitrogens is 1. The molecule has 140 valence electrons. The summed E-state index contributed by atoms with van der Waals surface area (Å²) in [5.41, 5.74) is 5.11. The molecule has 0 atom stereocenters. The fraction of sp³-hybridized carbons (Fsp3) is 0.273. The van der Waals surface area contributed by atoms with E-state index < -0.39 is 0 Å². The number of nitrogens with zero attached hydrogens (tertiary/aromatic N) is 1. The van der Waals surface area contributed by atoms with E-state index in [0.717, 1.165) is 34.3 Å². The molecule has 0 aliphatic heterocycles. The first-order valence-electron chi connectivity index (χ1n) is 9.05. The van der Waals surface area contributed by atoms with Crippen LogP contribution in [0.25, 0.3) is 0 Å². The maximum atomic E-state index is 11.7. The summed E-state index contributed by atoms with van der Waals surface area (Å²) in [7, 11) is 0. The number of hydrogen-bond donors (Lipinski definition) is 1. The van der Waals surface area contributed by atoms with Crippen LogP contribution in [0.2, 0.25) is 0 Å². The number of aromatic amines is 1. The molecule has 3 rings (SSSR count). The molecular weight excluding hydrogens is 356 g/mol. The summed E-state index contributed by atoms with van der Waals surface area (Å²) in [4.78, 5) is 19.8. The SMILES string of the molecule is CCOc1ccc(C(C)=O)cc1CSc1nc(Cc2ccccc2)c(C)[nH]1. The van der Waals surface area contributed by atoms with Gasteiger partial charge >= 0.3 is 0 Å². The summed E-state index contributed by atoms with van der Waals surface area (Å²) in [5, 5.41) is 0.883. The van der Waals surface area contributed by atoms with Gasteiger partial charge in [-0.25, -0.2) is 4.98 Å². The van der Waals surface area contributed by atoms with Crippen LogP contribution >= 0.6 is 11.8 Å². The number of imidazole rings is 1. The normalized spacial score (nSPS) is 10.8. The molecule has 0 saturated carbocycles. The number of ketones is 1. The average molecular weight is 381 g/mol. The molecule has 2 aromatic carbocycles. The summed E-state index contributed by atoms with van der Waals surface area (Å²) in [6.07, 6.45) is 0.813. The highest BCUT2D eigenvalue weighted by atomic mass is 32.2. The average Bonchev–Trinajstić information content (AvgIpc) is 3.01. The van der Waals surface area contributed by atoms with Gasteiger partial charge in [-0.15, -0.1) is 0 Å². The lowest BCUT2D eigenvalue weighted by Crippen LogP contribution is -1.99. The molecule has 27 heavy (non-hydrogen) atoms. The highest BCUT2D eigenvalue weighted by Crippen LogP contribution is 2.29. The van der Waals surface area contributed by atoms with Gasteiger partial charge in [-0.3, -0.25) is 4.79 Å². The van der Waals surface area contributed by atoms with Gasteiger partial charge in [-0.2, -0.15) is 0 Å². The second-order valence-electron chi connectivity index (χ2n) is 6.38. The second-order valence-corrected chi connectivity index (χ2v) is 7.34. The van der Waals surface area contributed by atoms with Crippen LogP contribution in [-0.2, 0) is 12.2 Å². The third kappa shape index (κ3) is 5.01. The van der Waals surface area contributed by atoms with E-state index in [1.807, 2.05) is 43.3 Å². The maximum absolute atomic E-state index is 11.7. The Morgan fingerprint density at radius 1 is 1.19 bits per heavy atom. The predicted octanol–water partition coefficient (Wildman–Crippen LogP) is 5.20. The number of ether oxygens (including phenoxy) is 1. The number of thioether (sulfide) groups is 1. The van der Waals surface area contributed by atoms with Crippen molar-refractivity contribution in [1.29, 1.82) is 0 Å². The number of carbonyl (C=O) groups is 1. The zero-order valence-corrected chi connectivity index (χ0v) is 16.7. The Hall–Kier alpha value is -2.53. The van der Waals surface area contributed by atoms with Crippen molar-refractivity contribution in [1.82, 2.24) is 9.97 Å². The van der Waals surface area contributed by atoms with Gasteiger partial charge in [0.2, 0.25) is 0 Å². The van der Waals surface area contributed by atoms with Crippen molar-refractivity contribution in [2.75, 3.05) is 6.61 Å². The van der Waals surface area contributed by atoms with Crippen LogP contribution in [0.1, 0.15) is 46.7 Å². The molecule has 0 radical (unpaired) electrons. The molecule has 1 aromatic heterocycles. The Kier molecular flexibility index (Phi) is 6.35. The van der Waals surface area contributed by atoms with Crippen LogP contribution in [0, 0.1) is 6.92 Å². The minimum Gasteiger partial charge on any atom is -0.494 e. The van der Waals surface area contributed by atoms with Gasteiger partial charge in [0.1, 0.15) is 5.75 Å². The molecule has 0 fully saturated rings. The molecule has 0 amide bonds. The summed E-state index contributed by atoms with van der Waals surface area (Å²) < 4.78 is 5.71. The highest BCUT2D eigenvalue weighted by molar-refractivity contribution is 7.98. The third-order valence-electron chi connectivity index (χ3n) is 4.31. The monoisotopic (exact) mass is 380 g/mol. The van der Waals surface area contributed by atoms with Crippen LogP contribution in [0.3, 0.4) is 0 Å². The lowest BCUT2D eigenvalue weighted by molar-refractivity contribution is 0.101. The fourth-order valence-electron chi connectivity index (χ4n) is 2.85. The Labute approximate surface area is 164 Å². The van der Waals surface area contributed by atoms with Gasteiger partial charge in [0.05, 0.1) is 12.3 Å². The third-order valence-corrected chi connectivity index (χ3v) is 5.23. The largest absolute Gasteiger partial charge is 0.494 e. The zero-order valence-electron chi connectivity index (χ0n) is 15.9. The number of hydrogen-bond acceptors (Lipinski definition) is 4. The van der Waals surface area contributed by atoms with Gasteiger partial charge in [0, 0.05) is 29.0 Å². The lowest BCUT2D eigenvalue weighted by atomic mass is 10.1. The van der Waals surface area contributed by atoms with Crippen molar-refractivity contribution in [3.05, 3.63) is 76.6 Å². The molecule has 5 heteroatoms. The van der Waals surface area contributed by atoms with Crippen molar-refractivity contribution in [3.63, 3.8) is 0 Å². The van der Waals surface area contributed by atoms with Gasteiger partial charge in [0.25, 0.3) is 0 Å². The van der Waals surface area contributed by atoms with Gasteiger partial charge in [-0.05, 0) is 44.5 Å². The fourth-order valence-corrected chi connectivity index (χ4v) is 3.77. The summed E-state index contributed by atoms with van der Waals surface area (Å²) in [5.74, 6) is 1.57. The first-order chi connectivity index (χ1) is 13.1. The quantitative estimate of drug-likeness (QED) is 0.431. The molecule has 0 aliphatic rings. The zero-order chi connectivity index (χ0) is 19.2. The van der Waals surface area contributed by atoms with Crippen LogP contribution in [0.5, 0.6) is 5.75 Å². The first-order valence-corrected chi connectivity index (χ1v) is 10.0. The summed E-state index contributed by atoms with van der Waals surface area (Å²) in [6, 6.07) is 16.0. The lowest BCUT2D eigenvalue weighted by Gasteiger charge is -2.10. The topological polar surface area (TPSA) is 55.0 Å². The smallest absolute Gasteiger partial charge is 0.166 e. The number of nitrogens with one attached hydrogen (secondary N) is 1. The van der Waals surface area contributed by atoms with E-state index >= 15 is 0 Å². The summed E-state index contributed by atoms with van der Waals surface area (Å²) >= 11 is 1.62. The molecule has 0 spiro atoms. The first kappa shape index (κ1) is 19.2. The van der Waals surface area contributed by atoms with Gasteiger partial charge in [0.15, 0.2) is 10.9 Å². The maximum Gasteiger partial charge on any atom is 0.166 e. The van der Waals surface area contributed by atoms with Gasteiger partial charge in [-0.1, -0.05) is 42.1 Å². The number of Topliss-reactive ketones (excluding diaryl/α,β-unsaturated/α-hetero) is 1. The minimum absolute atomic E-state index is 0.0586. The van der Waals surface area contributed by atoms with Crippen molar-refractivity contribution in [3.8, 4) is 5.75 Å². The van der Waals surface area contributed by atoms with Crippen LogP contribution in [0.15, 0.2) is 53.7 Å². The van der Waals surface area contributed by atoms with E-state index in [9.17, 15) is 4.79 Å². The Morgan fingerprint density at radius 2 is 1.96 bits per heavy atom. The number of aryl methyl sites for hydroxylation is 1. The van der Waals surface area contributed by atoms with Crippen molar-refractivity contribution < 1.29 is 9.53 Å². The molecule has 4 nitrogen and oxygen atoms in total. The number of benzene rings is 2. The Morgan fingerprint density at radius 3 is 2.67 bits per heavy atom. The van der Waals surface area contributed by atoms with Crippen LogP contribution in [0.4, 0.5) is 0 Å². The van der Waals surface area contributed by atoms with Crippen LogP contribution < -0.4 is 4.74 Å². The number of aromatic nitrogens is 2. The molecule has 3 aromatic rings. The van der Waals surface area contributed by atoms with Gasteiger partial charge < -0.3 is 9.72 Å². The van der Waals surface area contributed by atoms with E-state index in [4.69, 9.17) is 9.72 Å².